The number of ketones is 1. The SMILES string of the molecule is CCC(=O)N(C)c1ccc(-c2ccc(C(=O)CCc3cccnc3F)nc2)cc1Cl. The van der Waals surface area contributed by atoms with E-state index in [0.717, 1.165) is 11.1 Å². The van der Waals surface area contributed by atoms with Crippen molar-refractivity contribution in [1.82, 2.24) is 9.97 Å². The summed E-state index contributed by atoms with van der Waals surface area (Å²) < 4.78 is 13.6. The van der Waals surface area contributed by atoms with Gasteiger partial charge in [0.1, 0.15) is 5.69 Å². The second-order valence-electron chi connectivity index (χ2n) is 6.78. The maximum absolute atomic E-state index is 13.6. The van der Waals surface area contributed by atoms with E-state index in [2.05, 4.69) is 9.97 Å². The number of benzene rings is 1. The molecule has 1 amide bonds. The number of hydrogen-bond donors (Lipinski definition) is 0. The number of aryl methyl sites for hydroxylation is 1. The summed E-state index contributed by atoms with van der Waals surface area (Å²) in [6.07, 6.45) is 3.78. The Bertz CT molecular complexity index is 1070. The minimum absolute atomic E-state index is 0.0275. The van der Waals surface area contributed by atoms with Gasteiger partial charge in [-0.05, 0) is 36.2 Å². The lowest BCUT2D eigenvalue weighted by molar-refractivity contribution is -0.118. The number of aromatic nitrogens is 2. The van der Waals surface area contributed by atoms with Gasteiger partial charge in [0.15, 0.2) is 5.78 Å². The molecule has 0 bridgehead atoms. The Morgan fingerprint density at radius 3 is 2.50 bits per heavy atom. The molecule has 0 spiro atoms. The van der Waals surface area contributed by atoms with Crippen LogP contribution in [0, 0.1) is 5.95 Å². The summed E-state index contributed by atoms with van der Waals surface area (Å²) in [6, 6.07) is 12.1. The molecule has 3 aromatic rings. The lowest BCUT2D eigenvalue weighted by Gasteiger charge is -2.18. The number of carbonyl (C=O) groups is 2. The molecule has 30 heavy (non-hydrogen) atoms. The van der Waals surface area contributed by atoms with Crippen LogP contribution in [0.15, 0.2) is 54.9 Å². The molecule has 154 valence electrons. The molecule has 0 aliphatic heterocycles. The van der Waals surface area contributed by atoms with Gasteiger partial charge in [0.2, 0.25) is 11.9 Å². The lowest BCUT2D eigenvalue weighted by atomic mass is 10.0. The highest BCUT2D eigenvalue weighted by Gasteiger charge is 2.14. The Kier molecular flexibility index (Phi) is 6.90. The van der Waals surface area contributed by atoms with Crippen LogP contribution in [0.2, 0.25) is 5.02 Å². The molecule has 5 nitrogen and oxygen atoms in total. The number of rotatable bonds is 7. The Morgan fingerprint density at radius 1 is 1.10 bits per heavy atom. The minimum Gasteiger partial charge on any atom is -0.314 e. The number of Topliss-reactive ketones (excluding diaryl/α,β-unsaturated/α-hetero) is 1. The molecule has 0 unspecified atom stereocenters. The van der Waals surface area contributed by atoms with E-state index in [4.69, 9.17) is 11.6 Å². The summed E-state index contributed by atoms with van der Waals surface area (Å²) in [5.41, 5.74) is 2.98. The Hall–Kier alpha value is -3.12. The maximum atomic E-state index is 13.6. The smallest absolute Gasteiger partial charge is 0.226 e. The number of carbonyl (C=O) groups excluding carboxylic acids is 2. The molecular formula is C23H21ClFN3O2. The van der Waals surface area contributed by atoms with Gasteiger partial charge in [0.05, 0.1) is 10.7 Å². The molecule has 2 aromatic heterocycles. The maximum Gasteiger partial charge on any atom is 0.226 e. The lowest BCUT2D eigenvalue weighted by Crippen LogP contribution is -2.25. The average molecular weight is 426 g/mol. The van der Waals surface area contributed by atoms with E-state index in [1.165, 1.54) is 11.1 Å². The fourth-order valence-corrected chi connectivity index (χ4v) is 3.35. The van der Waals surface area contributed by atoms with Crippen LogP contribution in [-0.2, 0) is 11.2 Å². The third-order valence-corrected chi connectivity index (χ3v) is 5.13. The van der Waals surface area contributed by atoms with E-state index in [1.807, 2.05) is 6.07 Å². The first-order valence-electron chi connectivity index (χ1n) is 9.55. The second-order valence-corrected chi connectivity index (χ2v) is 7.19. The number of anilines is 1. The third kappa shape index (κ3) is 4.89. The number of amides is 1. The van der Waals surface area contributed by atoms with Gasteiger partial charge < -0.3 is 4.90 Å². The first-order chi connectivity index (χ1) is 14.4. The summed E-state index contributed by atoms with van der Waals surface area (Å²) in [4.78, 5) is 33.6. The van der Waals surface area contributed by atoms with Crippen LogP contribution < -0.4 is 4.90 Å². The third-order valence-electron chi connectivity index (χ3n) is 4.83. The summed E-state index contributed by atoms with van der Waals surface area (Å²) in [5.74, 6) is -0.751. The standard InChI is InChI=1S/C23H21ClFN3O2/c1-3-22(30)28(2)20-10-7-16(13-18(20)24)17-6-9-19(27-14-17)21(29)11-8-15-5-4-12-26-23(15)25/h4-7,9-10,12-14H,3,8,11H2,1-2H3. The van der Waals surface area contributed by atoms with Crippen LogP contribution >= 0.6 is 11.6 Å². The molecule has 0 N–H and O–H groups in total. The van der Waals surface area contributed by atoms with Crippen molar-refractivity contribution < 1.29 is 14.0 Å². The Labute approximate surface area is 179 Å². The van der Waals surface area contributed by atoms with Gasteiger partial charge in [0.25, 0.3) is 0 Å². The predicted molar refractivity (Wildman–Crippen MR) is 115 cm³/mol. The van der Waals surface area contributed by atoms with Crippen LogP contribution in [0.4, 0.5) is 10.1 Å². The fraction of sp³-hybridized carbons (Fsp3) is 0.217. The van der Waals surface area contributed by atoms with E-state index < -0.39 is 5.95 Å². The van der Waals surface area contributed by atoms with Crippen LogP contribution in [0.25, 0.3) is 11.1 Å². The molecule has 1 aromatic carbocycles. The van der Waals surface area contributed by atoms with Crippen molar-refractivity contribution in [2.24, 2.45) is 0 Å². The monoisotopic (exact) mass is 425 g/mol. The van der Waals surface area contributed by atoms with Gasteiger partial charge in [0, 0.05) is 43.4 Å². The van der Waals surface area contributed by atoms with Gasteiger partial charge >= 0.3 is 0 Å². The largest absolute Gasteiger partial charge is 0.314 e. The van der Waals surface area contributed by atoms with Crippen molar-refractivity contribution in [2.45, 2.75) is 26.2 Å². The zero-order valence-corrected chi connectivity index (χ0v) is 17.5. The van der Waals surface area contributed by atoms with E-state index in [-0.39, 0.29) is 24.5 Å². The molecule has 3 rings (SSSR count). The van der Waals surface area contributed by atoms with Crippen LogP contribution in [0.1, 0.15) is 35.8 Å². The molecule has 0 radical (unpaired) electrons. The Morgan fingerprint density at radius 2 is 1.87 bits per heavy atom. The number of pyridine rings is 2. The highest BCUT2D eigenvalue weighted by atomic mass is 35.5. The molecule has 0 aliphatic rings. The highest BCUT2D eigenvalue weighted by molar-refractivity contribution is 6.34. The molecule has 0 aliphatic carbocycles. The molecule has 2 heterocycles. The molecule has 0 saturated carbocycles. The first-order valence-corrected chi connectivity index (χ1v) is 9.93. The van der Waals surface area contributed by atoms with Crippen molar-refractivity contribution >= 4 is 29.0 Å². The summed E-state index contributed by atoms with van der Waals surface area (Å²) >= 11 is 6.37. The number of hydrogen-bond acceptors (Lipinski definition) is 4. The van der Waals surface area contributed by atoms with Gasteiger partial charge in [-0.3, -0.25) is 14.6 Å². The molecule has 0 saturated heterocycles. The zero-order valence-electron chi connectivity index (χ0n) is 16.7. The van der Waals surface area contributed by atoms with Crippen LogP contribution in [0.3, 0.4) is 0 Å². The van der Waals surface area contributed by atoms with E-state index >= 15 is 0 Å². The van der Waals surface area contributed by atoms with Crippen LogP contribution in [-0.4, -0.2) is 28.7 Å². The van der Waals surface area contributed by atoms with Gasteiger partial charge in [-0.15, -0.1) is 0 Å². The molecule has 7 heteroatoms. The summed E-state index contributed by atoms with van der Waals surface area (Å²) in [5, 5.41) is 0.454. The van der Waals surface area contributed by atoms with Crippen molar-refractivity contribution in [1.29, 1.82) is 0 Å². The number of halogens is 2. The fourth-order valence-electron chi connectivity index (χ4n) is 3.04. The highest BCUT2D eigenvalue weighted by Crippen LogP contribution is 2.31. The minimum atomic E-state index is -0.555. The average Bonchev–Trinajstić information content (AvgIpc) is 2.77. The molecule has 0 atom stereocenters. The first kappa shape index (κ1) is 21.6. The van der Waals surface area contributed by atoms with Crippen molar-refractivity contribution in [2.75, 3.05) is 11.9 Å². The van der Waals surface area contributed by atoms with Crippen molar-refractivity contribution in [3.05, 3.63) is 77.1 Å². The summed E-state index contributed by atoms with van der Waals surface area (Å²) in [6.45, 7) is 1.79. The van der Waals surface area contributed by atoms with E-state index in [0.29, 0.717) is 28.4 Å². The van der Waals surface area contributed by atoms with Crippen molar-refractivity contribution in [3.8, 4) is 11.1 Å². The second kappa shape index (κ2) is 9.59. The van der Waals surface area contributed by atoms with Crippen molar-refractivity contribution in [3.63, 3.8) is 0 Å². The van der Waals surface area contributed by atoms with E-state index in [1.54, 1.807) is 56.6 Å². The van der Waals surface area contributed by atoms with Crippen LogP contribution in [0.5, 0.6) is 0 Å². The predicted octanol–water partition coefficient (Wildman–Crippen LogP) is 5.12. The van der Waals surface area contributed by atoms with Gasteiger partial charge in [-0.2, -0.15) is 4.39 Å². The molecule has 0 fully saturated rings. The normalized spacial score (nSPS) is 10.7. The summed E-state index contributed by atoms with van der Waals surface area (Å²) in [7, 11) is 1.69. The van der Waals surface area contributed by atoms with Gasteiger partial charge in [-0.1, -0.05) is 36.7 Å². The van der Waals surface area contributed by atoms with E-state index in [9.17, 15) is 14.0 Å². The zero-order chi connectivity index (χ0) is 21.7. The topological polar surface area (TPSA) is 63.2 Å². The number of nitrogens with zero attached hydrogens (tertiary/aromatic N) is 3. The Balaban J connectivity index is 1.71. The molecular weight excluding hydrogens is 405 g/mol. The quantitative estimate of drug-likeness (QED) is 0.389. The van der Waals surface area contributed by atoms with Gasteiger partial charge in [-0.25, -0.2) is 4.98 Å².